The van der Waals surface area contributed by atoms with Crippen molar-refractivity contribution < 1.29 is 9.90 Å². The third-order valence-corrected chi connectivity index (χ3v) is 3.02. The minimum atomic E-state index is -0.737. The number of rotatable bonds is 4. The monoisotopic (exact) mass is 290 g/mol. The molecule has 2 rings (SSSR count). The smallest absolute Gasteiger partial charge is 0.251 e. The van der Waals surface area contributed by atoms with Crippen molar-refractivity contribution in [3.63, 3.8) is 0 Å². The molecule has 0 spiro atoms. The zero-order valence-electron chi connectivity index (χ0n) is 11.0. The number of carbonyl (C=O) groups excluding carboxylic acids is 1. The Kier molecular flexibility index (Phi) is 4.71. The van der Waals surface area contributed by atoms with E-state index in [-0.39, 0.29) is 17.6 Å². The van der Waals surface area contributed by atoms with Crippen LogP contribution in [0.2, 0.25) is 5.15 Å². The Morgan fingerprint density at radius 3 is 2.70 bits per heavy atom. The fourth-order valence-corrected chi connectivity index (χ4v) is 2.09. The van der Waals surface area contributed by atoms with Crippen molar-refractivity contribution in [2.45, 2.75) is 13.0 Å². The fraction of sp³-hybridized carbons (Fsp3) is 0.200. The van der Waals surface area contributed by atoms with Gasteiger partial charge >= 0.3 is 0 Å². The zero-order valence-corrected chi connectivity index (χ0v) is 11.8. The van der Waals surface area contributed by atoms with E-state index in [1.54, 1.807) is 13.0 Å². The Morgan fingerprint density at radius 1 is 1.35 bits per heavy atom. The van der Waals surface area contributed by atoms with Crippen LogP contribution in [0.4, 0.5) is 0 Å². The predicted molar refractivity (Wildman–Crippen MR) is 77.7 cm³/mol. The quantitative estimate of drug-likeness (QED) is 0.851. The van der Waals surface area contributed by atoms with Crippen molar-refractivity contribution in [1.29, 1.82) is 0 Å². The van der Waals surface area contributed by atoms with Gasteiger partial charge in [0.25, 0.3) is 5.91 Å². The predicted octanol–water partition coefficient (Wildman–Crippen LogP) is 2.51. The number of aliphatic hydroxyl groups excluding tert-OH is 1. The van der Waals surface area contributed by atoms with Crippen LogP contribution in [0.3, 0.4) is 0 Å². The lowest BCUT2D eigenvalue weighted by Gasteiger charge is -2.12. The number of aryl methyl sites for hydroxylation is 1. The second-order valence-corrected chi connectivity index (χ2v) is 4.84. The molecule has 1 unspecified atom stereocenters. The summed E-state index contributed by atoms with van der Waals surface area (Å²) in [5, 5.41) is 12.9. The Morgan fingerprint density at radius 2 is 2.05 bits per heavy atom. The molecule has 1 amide bonds. The summed E-state index contributed by atoms with van der Waals surface area (Å²) in [6, 6.07) is 12.3. The standard InChI is InChI=1S/C15H15ClN2O2/c1-10-7-12(8-14(16)18-10)15(20)17-9-13(19)11-5-3-2-4-6-11/h2-8,13,19H,9H2,1H3,(H,17,20). The summed E-state index contributed by atoms with van der Waals surface area (Å²) in [5.41, 5.74) is 1.87. The molecule has 2 N–H and O–H groups in total. The molecule has 1 atom stereocenters. The van der Waals surface area contributed by atoms with Crippen LogP contribution in [0.25, 0.3) is 0 Å². The van der Waals surface area contributed by atoms with Gasteiger partial charge in [-0.1, -0.05) is 41.9 Å². The molecular weight excluding hydrogens is 276 g/mol. The SMILES string of the molecule is Cc1cc(C(=O)NCC(O)c2ccccc2)cc(Cl)n1. The van der Waals surface area contributed by atoms with Crippen LogP contribution < -0.4 is 5.32 Å². The van der Waals surface area contributed by atoms with Gasteiger partial charge in [-0.15, -0.1) is 0 Å². The number of aliphatic hydroxyl groups is 1. The molecule has 0 aliphatic rings. The average Bonchev–Trinajstić information content (AvgIpc) is 2.44. The van der Waals surface area contributed by atoms with Crippen molar-refractivity contribution >= 4 is 17.5 Å². The maximum Gasteiger partial charge on any atom is 0.251 e. The minimum absolute atomic E-state index is 0.141. The van der Waals surface area contributed by atoms with Gasteiger partial charge < -0.3 is 10.4 Å². The number of nitrogens with zero attached hydrogens (tertiary/aromatic N) is 1. The maximum atomic E-state index is 12.0. The molecule has 5 heteroatoms. The number of halogens is 1. The summed E-state index contributed by atoms with van der Waals surface area (Å²) in [4.78, 5) is 16.0. The van der Waals surface area contributed by atoms with Crippen molar-refractivity contribution in [3.8, 4) is 0 Å². The van der Waals surface area contributed by atoms with E-state index in [1.165, 1.54) is 6.07 Å². The van der Waals surface area contributed by atoms with E-state index in [1.807, 2.05) is 30.3 Å². The van der Waals surface area contributed by atoms with Gasteiger partial charge in [-0.05, 0) is 24.6 Å². The molecule has 0 radical (unpaired) electrons. The number of amides is 1. The van der Waals surface area contributed by atoms with Crippen LogP contribution >= 0.6 is 11.6 Å². The summed E-state index contributed by atoms with van der Waals surface area (Å²) >= 11 is 5.81. The lowest BCUT2D eigenvalue weighted by Crippen LogP contribution is -2.28. The molecule has 1 aromatic carbocycles. The lowest BCUT2D eigenvalue weighted by molar-refractivity contribution is 0.0916. The molecule has 2 aromatic rings. The lowest BCUT2D eigenvalue weighted by atomic mass is 10.1. The second kappa shape index (κ2) is 6.50. The molecule has 4 nitrogen and oxygen atoms in total. The number of aromatic nitrogens is 1. The number of benzene rings is 1. The maximum absolute atomic E-state index is 12.0. The third kappa shape index (κ3) is 3.79. The average molecular weight is 291 g/mol. The van der Waals surface area contributed by atoms with Gasteiger partial charge in [0.1, 0.15) is 5.15 Å². The van der Waals surface area contributed by atoms with Crippen molar-refractivity contribution in [2.24, 2.45) is 0 Å². The van der Waals surface area contributed by atoms with Gasteiger partial charge in [0.05, 0.1) is 6.10 Å². The molecular formula is C15H15ClN2O2. The van der Waals surface area contributed by atoms with Gasteiger partial charge in [0.15, 0.2) is 0 Å². The van der Waals surface area contributed by atoms with Gasteiger partial charge in [0, 0.05) is 17.8 Å². The van der Waals surface area contributed by atoms with E-state index >= 15 is 0 Å². The molecule has 1 heterocycles. The molecule has 104 valence electrons. The molecule has 0 aliphatic carbocycles. The largest absolute Gasteiger partial charge is 0.387 e. The van der Waals surface area contributed by atoms with E-state index in [9.17, 15) is 9.90 Å². The summed E-state index contributed by atoms with van der Waals surface area (Å²) in [5.74, 6) is -0.285. The van der Waals surface area contributed by atoms with Crippen molar-refractivity contribution in [2.75, 3.05) is 6.54 Å². The second-order valence-electron chi connectivity index (χ2n) is 4.46. The number of hydrogen-bond acceptors (Lipinski definition) is 3. The summed E-state index contributed by atoms with van der Waals surface area (Å²) in [6.45, 7) is 1.91. The first kappa shape index (κ1) is 14.5. The van der Waals surface area contributed by atoms with E-state index in [0.29, 0.717) is 11.3 Å². The highest BCUT2D eigenvalue weighted by Gasteiger charge is 2.11. The number of hydrogen-bond donors (Lipinski definition) is 2. The van der Waals surface area contributed by atoms with Crippen LogP contribution in [0, 0.1) is 6.92 Å². The highest BCUT2D eigenvalue weighted by molar-refractivity contribution is 6.29. The number of carbonyl (C=O) groups is 1. The minimum Gasteiger partial charge on any atom is -0.387 e. The van der Waals surface area contributed by atoms with Crippen LogP contribution in [-0.2, 0) is 0 Å². The van der Waals surface area contributed by atoms with E-state index in [4.69, 9.17) is 11.6 Å². The highest BCUT2D eigenvalue weighted by Crippen LogP contribution is 2.12. The topological polar surface area (TPSA) is 62.2 Å². The van der Waals surface area contributed by atoms with Gasteiger partial charge in [-0.25, -0.2) is 4.98 Å². The third-order valence-electron chi connectivity index (χ3n) is 2.82. The van der Waals surface area contributed by atoms with Crippen LogP contribution in [-0.4, -0.2) is 22.5 Å². The van der Waals surface area contributed by atoms with Crippen LogP contribution in [0.15, 0.2) is 42.5 Å². The Balaban J connectivity index is 1.98. The fourth-order valence-electron chi connectivity index (χ4n) is 1.84. The van der Waals surface area contributed by atoms with Gasteiger partial charge in [-0.2, -0.15) is 0 Å². The van der Waals surface area contributed by atoms with E-state index < -0.39 is 6.10 Å². The molecule has 0 aliphatic heterocycles. The first-order valence-electron chi connectivity index (χ1n) is 6.21. The molecule has 20 heavy (non-hydrogen) atoms. The summed E-state index contributed by atoms with van der Waals surface area (Å²) < 4.78 is 0. The Hall–Kier alpha value is -1.91. The summed E-state index contributed by atoms with van der Waals surface area (Å²) in [6.07, 6.45) is -0.737. The molecule has 0 fully saturated rings. The van der Waals surface area contributed by atoms with Crippen LogP contribution in [0.1, 0.15) is 27.7 Å². The van der Waals surface area contributed by atoms with Gasteiger partial charge in [0.2, 0.25) is 0 Å². The normalized spacial score (nSPS) is 11.9. The van der Waals surface area contributed by atoms with Gasteiger partial charge in [-0.3, -0.25) is 4.79 Å². The van der Waals surface area contributed by atoms with E-state index in [2.05, 4.69) is 10.3 Å². The number of pyridine rings is 1. The van der Waals surface area contributed by atoms with Crippen LogP contribution in [0.5, 0.6) is 0 Å². The van der Waals surface area contributed by atoms with Crippen molar-refractivity contribution in [3.05, 3.63) is 64.4 Å². The molecule has 0 saturated heterocycles. The van der Waals surface area contributed by atoms with Crippen molar-refractivity contribution in [1.82, 2.24) is 10.3 Å². The molecule has 0 bridgehead atoms. The highest BCUT2D eigenvalue weighted by atomic mass is 35.5. The molecule has 0 saturated carbocycles. The Labute approximate surface area is 122 Å². The summed E-state index contributed by atoms with van der Waals surface area (Å²) in [7, 11) is 0. The number of nitrogens with one attached hydrogen (secondary N) is 1. The zero-order chi connectivity index (χ0) is 14.5. The first-order valence-corrected chi connectivity index (χ1v) is 6.59. The molecule has 1 aromatic heterocycles. The first-order chi connectivity index (χ1) is 9.56. The Bertz CT molecular complexity index is 582. The van der Waals surface area contributed by atoms with E-state index in [0.717, 1.165) is 5.56 Å².